The number of hydrogen-bond donors (Lipinski definition) is 1. The van der Waals surface area contributed by atoms with E-state index in [-0.39, 0.29) is 10.7 Å². The molecule has 2 rings (SSSR count). The van der Waals surface area contributed by atoms with Crippen LogP contribution in [0, 0.1) is 10.1 Å². The second kappa shape index (κ2) is 5.10. The number of benzene rings is 1. The summed E-state index contributed by atoms with van der Waals surface area (Å²) in [5.74, 6) is -0.743. The van der Waals surface area contributed by atoms with Crippen LogP contribution in [0.25, 0.3) is 0 Å². The minimum absolute atomic E-state index is 0.129. The van der Waals surface area contributed by atoms with Gasteiger partial charge in [-0.2, -0.15) is 8.42 Å². The number of anilines is 1. The molecule has 0 saturated carbocycles. The number of aryl methyl sites for hydroxylation is 1. The number of nitrogens with one attached hydrogen (secondary N) is 1. The summed E-state index contributed by atoms with van der Waals surface area (Å²) in [5, 5.41) is 10.5. The maximum atomic E-state index is 12.2. The maximum absolute atomic E-state index is 12.2. The summed E-state index contributed by atoms with van der Waals surface area (Å²) in [7, 11) is -2.83. The van der Waals surface area contributed by atoms with E-state index in [1.54, 1.807) is 12.1 Å². The van der Waals surface area contributed by atoms with Crippen LogP contribution in [-0.2, 0) is 17.1 Å². The molecule has 1 heterocycles. The fourth-order valence-corrected chi connectivity index (χ4v) is 3.18. The second-order valence-corrected chi connectivity index (χ2v) is 5.83. The maximum Gasteiger partial charge on any atom is 0.403 e. The molecule has 2 aromatic rings. The van der Waals surface area contributed by atoms with Crippen LogP contribution in [0.4, 0.5) is 11.5 Å². The van der Waals surface area contributed by atoms with Gasteiger partial charge in [-0.05, 0) is 22.0 Å². The summed E-state index contributed by atoms with van der Waals surface area (Å²) < 4.78 is 27.7. The van der Waals surface area contributed by atoms with Crippen molar-refractivity contribution in [3.05, 3.63) is 45.7 Å². The van der Waals surface area contributed by atoms with E-state index in [4.69, 9.17) is 11.6 Å². The molecule has 106 valence electrons. The molecular formula is C10H9ClN4O4S. The summed E-state index contributed by atoms with van der Waals surface area (Å²) in [6.07, 6.45) is 1.05. The number of hydrogen-bond acceptors (Lipinski definition) is 5. The number of imidazole rings is 1. The number of nitro groups is 1. The van der Waals surface area contributed by atoms with Crippen LogP contribution >= 0.6 is 11.6 Å². The molecule has 8 nitrogen and oxygen atoms in total. The fourth-order valence-electron chi connectivity index (χ4n) is 1.58. The first-order valence-electron chi connectivity index (χ1n) is 5.26. The van der Waals surface area contributed by atoms with Crippen molar-refractivity contribution in [1.82, 2.24) is 9.55 Å². The van der Waals surface area contributed by atoms with Crippen molar-refractivity contribution >= 4 is 33.1 Å². The largest absolute Gasteiger partial charge is 0.403 e. The van der Waals surface area contributed by atoms with Crippen molar-refractivity contribution < 1.29 is 13.3 Å². The molecule has 0 atom stereocenters. The van der Waals surface area contributed by atoms with Crippen molar-refractivity contribution in [2.24, 2.45) is 7.05 Å². The van der Waals surface area contributed by atoms with Gasteiger partial charge in [0.25, 0.3) is 15.0 Å². The molecule has 0 aliphatic rings. The Balaban J connectivity index is 2.49. The lowest BCUT2D eigenvalue weighted by atomic mass is 10.3. The fraction of sp³-hybridized carbons (Fsp3) is 0.100. The number of halogens is 1. The van der Waals surface area contributed by atoms with E-state index in [9.17, 15) is 18.5 Å². The molecule has 0 unspecified atom stereocenters. The van der Waals surface area contributed by atoms with E-state index in [1.165, 1.54) is 19.2 Å². The minimum Gasteiger partial charge on any atom is -0.358 e. The highest BCUT2D eigenvalue weighted by atomic mass is 35.5. The molecule has 0 bridgehead atoms. The number of rotatable bonds is 4. The van der Waals surface area contributed by atoms with Crippen LogP contribution in [0.2, 0.25) is 5.02 Å². The Morgan fingerprint density at radius 2 is 2.05 bits per heavy atom. The SMILES string of the molecule is Cn1cnc([N+](=O)[O-])c1S(=O)(=O)Nc1ccccc1Cl. The Hall–Kier alpha value is -2.13. The van der Waals surface area contributed by atoms with Gasteiger partial charge in [0.1, 0.15) is 0 Å². The van der Waals surface area contributed by atoms with E-state index in [0.29, 0.717) is 0 Å². The topological polar surface area (TPSA) is 107 Å². The molecule has 1 N–H and O–H groups in total. The molecule has 1 aromatic heterocycles. The quantitative estimate of drug-likeness (QED) is 0.683. The van der Waals surface area contributed by atoms with Crippen molar-refractivity contribution in [2.45, 2.75) is 5.03 Å². The van der Waals surface area contributed by atoms with Gasteiger partial charge < -0.3 is 10.1 Å². The van der Waals surface area contributed by atoms with E-state index in [1.807, 2.05) is 0 Å². The number of sulfonamides is 1. The van der Waals surface area contributed by atoms with Gasteiger partial charge in [-0.3, -0.25) is 9.29 Å². The third-order valence-corrected chi connectivity index (χ3v) is 4.21. The zero-order valence-electron chi connectivity index (χ0n) is 10.1. The average molecular weight is 317 g/mol. The van der Waals surface area contributed by atoms with Gasteiger partial charge in [-0.15, -0.1) is 0 Å². The van der Waals surface area contributed by atoms with E-state index in [0.717, 1.165) is 10.9 Å². The molecule has 0 saturated heterocycles. The standard InChI is InChI=1S/C10H9ClN4O4S/c1-14-6-12-9(15(16)17)10(14)20(18,19)13-8-5-3-2-4-7(8)11/h2-6,13H,1H3. The number of aromatic nitrogens is 2. The highest BCUT2D eigenvalue weighted by Gasteiger charge is 2.32. The van der Waals surface area contributed by atoms with Crippen LogP contribution < -0.4 is 4.72 Å². The van der Waals surface area contributed by atoms with Crippen LogP contribution in [0.1, 0.15) is 0 Å². The first-order chi connectivity index (χ1) is 9.33. The Labute approximate surface area is 119 Å². The van der Waals surface area contributed by atoms with Crippen molar-refractivity contribution in [2.75, 3.05) is 4.72 Å². The Morgan fingerprint density at radius 1 is 1.40 bits per heavy atom. The van der Waals surface area contributed by atoms with Crippen molar-refractivity contribution in [3.8, 4) is 0 Å². The smallest absolute Gasteiger partial charge is 0.358 e. The summed E-state index contributed by atoms with van der Waals surface area (Å²) in [6, 6.07) is 6.16. The lowest BCUT2D eigenvalue weighted by molar-refractivity contribution is -0.392. The molecule has 10 heteroatoms. The second-order valence-electron chi connectivity index (χ2n) is 3.83. The molecule has 0 aliphatic carbocycles. The third-order valence-electron chi connectivity index (χ3n) is 2.41. The van der Waals surface area contributed by atoms with E-state index >= 15 is 0 Å². The molecule has 0 aliphatic heterocycles. The monoisotopic (exact) mass is 316 g/mol. The van der Waals surface area contributed by atoms with Crippen LogP contribution in [0.5, 0.6) is 0 Å². The van der Waals surface area contributed by atoms with Crippen molar-refractivity contribution in [1.29, 1.82) is 0 Å². The van der Waals surface area contributed by atoms with Gasteiger partial charge in [0.2, 0.25) is 6.33 Å². The highest BCUT2D eigenvalue weighted by molar-refractivity contribution is 7.92. The van der Waals surface area contributed by atoms with E-state index in [2.05, 4.69) is 9.71 Å². The predicted octanol–water partition coefficient (Wildman–Crippen LogP) is 1.78. The Kier molecular flexibility index (Phi) is 3.64. The summed E-state index contributed by atoms with van der Waals surface area (Å²) in [6.45, 7) is 0. The first kappa shape index (κ1) is 14.3. The van der Waals surface area contributed by atoms with Crippen LogP contribution in [-0.4, -0.2) is 22.9 Å². The molecule has 0 fully saturated rings. The van der Waals surface area contributed by atoms with Gasteiger partial charge in [0, 0.05) is 7.05 Å². The average Bonchev–Trinajstić information content (AvgIpc) is 2.75. The molecule has 0 radical (unpaired) electrons. The minimum atomic E-state index is -4.17. The molecule has 0 spiro atoms. The van der Waals surface area contributed by atoms with Gasteiger partial charge in [-0.25, -0.2) is 0 Å². The lowest BCUT2D eigenvalue weighted by Gasteiger charge is -2.09. The normalized spacial score (nSPS) is 11.3. The molecule has 1 aromatic carbocycles. The Morgan fingerprint density at radius 3 is 2.65 bits per heavy atom. The van der Waals surface area contributed by atoms with Crippen LogP contribution in [0.15, 0.2) is 35.6 Å². The molecular weight excluding hydrogens is 308 g/mol. The van der Waals surface area contributed by atoms with Gasteiger partial charge in [-0.1, -0.05) is 23.7 Å². The van der Waals surface area contributed by atoms with Crippen molar-refractivity contribution in [3.63, 3.8) is 0 Å². The summed E-state index contributed by atoms with van der Waals surface area (Å²) in [4.78, 5) is 13.4. The lowest BCUT2D eigenvalue weighted by Crippen LogP contribution is -2.17. The van der Waals surface area contributed by atoms with E-state index < -0.39 is 25.8 Å². The summed E-state index contributed by atoms with van der Waals surface area (Å²) in [5.41, 5.74) is 0.129. The third kappa shape index (κ3) is 2.58. The first-order valence-corrected chi connectivity index (χ1v) is 7.12. The summed E-state index contributed by atoms with van der Waals surface area (Å²) >= 11 is 5.85. The predicted molar refractivity (Wildman–Crippen MR) is 72.1 cm³/mol. The Bertz CT molecular complexity index is 771. The number of para-hydroxylation sites is 1. The van der Waals surface area contributed by atoms with Gasteiger partial charge in [0.05, 0.1) is 10.7 Å². The van der Waals surface area contributed by atoms with Gasteiger partial charge in [0.15, 0.2) is 0 Å². The zero-order chi connectivity index (χ0) is 14.9. The van der Waals surface area contributed by atoms with Gasteiger partial charge >= 0.3 is 5.82 Å². The molecule has 20 heavy (non-hydrogen) atoms. The number of nitrogens with zero attached hydrogens (tertiary/aromatic N) is 3. The zero-order valence-corrected chi connectivity index (χ0v) is 11.7. The van der Waals surface area contributed by atoms with Crippen LogP contribution in [0.3, 0.4) is 0 Å². The highest BCUT2D eigenvalue weighted by Crippen LogP contribution is 2.27. The molecule has 0 amide bonds.